The van der Waals surface area contributed by atoms with E-state index in [4.69, 9.17) is 0 Å². The predicted octanol–water partition coefficient (Wildman–Crippen LogP) is 3.57. The van der Waals surface area contributed by atoms with E-state index in [0.717, 1.165) is 22.6 Å². The summed E-state index contributed by atoms with van der Waals surface area (Å²) in [6.07, 6.45) is 6.38. The van der Waals surface area contributed by atoms with E-state index in [1.54, 1.807) is 30.6 Å². The Balaban J connectivity index is 1.61. The van der Waals surface area contributed by atoms with Gasteiger partial charge in [0.15, 0.2) is 0 Å². The highest BCUT2D eigenvalue weighted by Gasteiger charge is 2.09. The van der Waals surface area contributed by atoms with Gasteiger partial charge in [-0.3, -0.25) is 14.6 Å². The fourth-order valence-corrected chi connectivity index (χ4v) is 3.08. The smallest absolute Gasteiger partial charge is 0.244 e. The van der Waals surface area contributed by atoms with Crippen LogP contribution in [0.4, 0.5) is 5.69 Å². The zero-order chi connectivity index (χ0) is 20.8. The first-order valence-corrected chi connectivity index (χ1v) is 9.36. The number of anilines is 1. The molecule has 0 saturated heterocycles. The molecule has 0 spiro atoms. The monoisotopic (exact) mass is 388 g/mol. The predicted molar refractivity (Wildman–Crippen MR) is 115 cm³/mol. The summed E-state index contributed by atoms with van der Waals surface area (Å²) < 4.78 is 2.15. The zero-order valence-electron chi connectivity index (χ0n) is 16.8. The summed E-state index contributed by atoms with van der Waals surface area (Å²) in [6, 6.07) is 13.8. The van der Waals surface area contributed by atoms with Crippen molar-refractivity contribution in [1.82, 2.24) is 14.9 Å². The molecule has 0 saturated carbocycles. The van der Waals surface area contributed by atoms with Gasteiger partial charge in [-0.15, -0.1) is 0 Å². The molecule has 1 aromatic carbocycles. The number of aryl methyl sites for hydroxylation is 2. The molecule has 0 unspecified atom stereocenters. The van der Waals surface area contributed by atoms with Gasteiger partial charge in [-0.2, -0.15) is 0 Å². The minimum Gasteiger partial charge on any atom is -0.343 e. The molecule has 3 rings (SSSR count). The van der Waals surface area contributed by atoms with Crippen molar-refractivity contribution in [1.29, 1.82) is 0 Å². The van der Waals surface area contributed by atoms with Gasteiger partial charge in [0.05, 0.1) is 18.4 Å². The number of carbonyl (C=O) groups excluding carboxylic acids is 2. The molecule has 0 aliphatic rings. The van der Waals surface area contributed by atoms with Crippen LogP contribution >= 0.6 is 0 Å². The van der Waals surface area contributed by atoms with E-state index in [0.29, 0.717) is 5.69 Å². The van der Waals surface area contributed by atoms with E-state index < -0.39 is 0 Å². The second-order valence-electron chi connectivity index (χ2n) is 6.84. The van der Waals surface area contributed by atoms with Gasteiger partial charge in [-0.1, -0.05) is 17.7 Å². The van der Waals surface area contributed by atoms with E-state index in [9.17, 15) is 9.59 Å². The fraction of sp³-hybridized carbons (Fsp3) is 0.174. The van der Waals surface area contributed by atoms with Crippen LogP contribution in [-0.4, -0.2) is 27.9 Å². The summed E-state index contributed by atoms with van der Waals surface area (Å²) >= 11 is 0. The third kappa shape index (κ3) is 5.19. The highest BCUT2D eigenvalue weighted by molar-refractivity contribution is 5.98. The van der Waals surface area contributed by atoms with Crippen molar-refractivity contribution >= 4 is 23.6 Å². The topological polar surface area (TPSA) is 76.0 Å². The summed E-state index contributed by atoms with van der Waals surface area (Å²) in [5.41, 5.74) is 5.97. The van der Waals surface area contributed by atoms with Crippen molar-refractivity contribution in [2.24, 2.45) is 0 Å². The number of rotatable bonds is 6. The van der Waals surface area contributed by atoms with Crippen molar-refractivity contribution in [3.8, 4) is 5.69 Å². The second-order valence-corrected chi connectivity index (χ2v) is 6.84. The fourth-order valence-electron chi connectivity index (χ4n) is 3.08. The van der Waals surface area contributed by atoms with E-state index in [-0.39, 0.29) is 18.4 Å². The third-order valence-corrected chi connectivity index (χ3v) is 4.55. The Labute approximate surface area is 170 Å². The van der Waals surface area contributed by atoms with Crippen molar-refractivity contribution in [3.63, 3.8) is 0 Å². The first kappa shape index (κ1) is 20.1. The van der Waals surface area contributed by atoms with Crippen LogP contribution in [0.3, 0.4) is 0 Å². The van der Waals surface area contributed by atoms with Crippen LogP contribution in [0.5, 0.6) is 0 Å². The highest BCUT2D eigenvalue weighted by Crippen LogP contribution is 2.22. The molecule has 148 valence electrons. The van der Waals surface area contributed by atoms with E-state index in [2.05, 4.69) is 51.4 Å². The maximum absolute atomic E-state index is 12.1. The summed E-state index contributed by atoms with van der Waals surface area (Å²) in [4.78, 5) is 27.9. The van der Waals surface area contributed by atoms with Crippen LogP contribution in [0.25, 0.3) is 11.8 Å². The number of aromatic nitrogens is 2. The summed E-state index contributed by atoms with van der Waals surface area (Å²) in [5, 5.41) is 5.26. The molecule has 29 heavy (non-hydrogen) atoms. The van der Waals surface area contributed by atoms with Crippen LogP contribution in [0, 0.1) is 20.8 Å². The van der Waals surface area contributed by atoms with Crippen LogP contribution < -0.4 is 10.6 Å². The molecule has 0 aliphatic heterocycles. The standard InChI is InChI=1S/C23H24N4O2/c1-16-6-9-21(10-7-16)27-17(2)13-19(18(27)3)8-11-22(28)25-15-23(29)26-20-5-4-12-24-14-20/h4-14H,15H2,1-3H3,(H,25,28)(H,26,29)/b11-8+. The van der Waals surface area contributed by atoms with Crippen LogP contribution in [0.2, 0.25) is 0 Å². The summed E-state index contributed by atoms with van der Waals surface area (Å²) in [5.74, 6) is -0.635. The largest absolute Gasteiger partial charge is 0.343 e. The number of pyridine rings is 1. The average Bonchev–Trinajstić information content (AvgIpc) is 2.99. The normalized spacial score (nSPS) is 10.9. The van der Waals surface area contributed by atoms with Gasteiger partial charge in [0, 0.05) is 29.3 Å². The van der Waals surface area contributed by atoms with Crippen LogP contribution in [0.15, 0.2) is 60.9 Å². The van der Waals surface area contributed by atoms with Crippen molar-refractivity contribution in [2.75, 3.05) is 11.9 Å². The first-order valence-electron chi connectivity index (χ1n) is 9.36. The molecule has 0 atom stereocenters. The maximum Gasteiger partial charge on any atom is 0.244 e. The Morgan fingerprint density at radius 2 is 1.86 bits per heavy atom. The third-order valence-electron chi connectivity index (χ3n) is 4.55. The molecule has 6 nitrogen and oxygen atoms in total. The molecule has 6 heteroatoms. The molecule has 0 aliphatic carbocycles. The average molecular weight is 388 g/mol. The van der Waals surface area contributed by atoms with Crippen molar-refractivity contribution < 1.29 is 9.59 Å². The van der Waals surface area contributed by atoms with Gasteiger partial charge < -0.3 is 15.2 Å². The summed E-state index contributed by atoms with van der Waals surface area (Å²) in [6.45, 7) is 6.00. The van der Waals surface area contributed by atoms with Crippen LogP contribution in [0.1, 0.15) is 22.5 Å². The van der Waals surface area contributed by atoms with Crippen LogP contribution in [-0.2, 0) is 9.59 Å². The number of amides is 2. The lowest BCUT2D eigenvalue weighted by molar-refractivity contribution is -0.121. The number of benzene rings is 1. The quantitative estimate of drug-likeness (QED) is 0.634. The lowest BCUT2D eigenvalue weighted by Crippen LogP contribution is -2.31. The molecule has 2 amide bonds. The zero-order valence-corrected chi connectivity index (χ0v) is 16.8. The number of hydrogen-bond donors (Lipinski definition) is 2. The van der Waals surface area contributed by atoms with Gasteiger partial charge in [-0.25, -0.2) is 0 Å². The van der Waals surface area contributed by atoms with Gasteiger partial charge in [0.2, 0.25) is 11.8 Å². The number of nitrogens with zero attached hydrogens (tertiary/aromatic N) is 2. The van der Waals surface area contributed by atoms with E-state index in [1.165, 1.54) is 11.6 Å². The lowest BCUT2D eigenvalue weighted by Gasteiger charge is -2.09. The van der Waals surface area contributed by atoms with Gasteiger partial charge in [-0.05, 0) is 62.7 Å². The van der Waals surface area contributed by atoms with E-state index in [1.807, 2.05) is 19.9 Å². The first-order chi connectivity index (χ1) is 13.9. The number of carbonyl (C=O) groups is 2. The van der Waals surface area contributed by atoms with Crippen molar-refractivity contribution in [3.05, 3.63) is 83.4 Å². The molecular formula is C23H24N4O2. The van der Waals surface area contributed by atoms with Gasteiger partial charge in [0.1, 0.15) is 0 Å². The number of nitrogens with one attached hydrogen (secondary N) is 2. The Morgan fingerprint density at radius 3 is 2.55 bits per heavy atom. The molecule has 0 bridgehead atoms. The van der Waals surface area contributed by atoms with Crippen molar-refractivity contribution in [2.45, 2.75) is 20.8 Å². The summed E-state index contributed by atoms with van der Waals surface area (Å²) in [7, 11) is 0. The Kier molecular flexibility index (Phi) is 6.24. The Morgan fingerprint density at radius 1 is 1.10 bits per heavy atom. The maximum atomic E-state index is 12.1. The molecule has 0 radical (unpaired) electrons. The van der Waals surface area contributed by atoms with E-state index >= 15 is 0 Å². The highest BCUT2D eigenvalue weighted by atomic mass is 16.2. The van der Waals surface area contributed by atoms with Gasteiger partial charge in [0.25, 0.3) is 0 Å². The minimum atomic E-state index is -0.327. The molecule has 2 N–H and O–H groups in total. The molecular weight excluding hydrogens is 364 g/mol. The molecule has 0 fully saturated rings. The molecule has 2 aromatic heterocycles. The Bertz CT molecular complexity index is 1030. The lowest BCUT2D eigenvalue weighted by atomic mass is 10.2. The Hall–Kier alpha value is -3.67. The molecule has 3 aromatic rings. The molecule has 2 heterocycles. The second kappa shape index (κ2) is 9.01. The van der Waals surface area contributed by atoms with Gasteiger partial charge >= 0.3 is 0 Å². The SMILES string of the molecule is Cc1ccc(-n2c(C)cc(/C=C/C(=O)NCC(=O)Nc3cccnc3)c2C)cc1. The minimum absolute atomic E-state index is 0.111. The number of hydrogen-bond acceptors (Lipinski definition) is 3.